The summed E-state index contributed by atoms with van der Waals surface area (Å²) < 4.78 is 5.34. The highest BCUT2D eigenvalue weighted by Crippen LogP contribution is 2.14. The molecule has 144 valence electrons. The van der Waals surface area contributed by atoms with Crippen LogP contribution in [0.15, 0.2) is 34.3 Å². The van der Waals surface area contributed by atoms with Crippen LogP contribution in [0.4, 0.5) is 0 Å². The van der Waals surface area contributed by atoms with E-state index in [4.69, 9.17) is 16.2 Å². The number of carbonyl (C=O) groups excluding carboxylic acids is 1. The summed E-state index contributed by atoms with van der Waals surface area (Å²) in [5.74, 6) is 0.766. The number of hydrogen-bond donors (Lipinski definition) is 2. The van der Waals surface area contributed by atoms with E-state index in [1.165, 1.54) is 19.3 Å². The second-order valence-electron chi connectivity index (χ2n) is 6.32. The van der Waals surface area contributed by atoms with Crippen molar-refractivity contribution in [3.05, 3.63) is 29.8 Å². The van der Waals surface area contributed by atoms with E-state index < -0.39 is 0 Å². The quantitative estimate of drug-likeness (QED) is 0.231. The highest BCUT2D eigenvalue weighted by molar-refractivity contribution is 5.93. The van der Waals surface area contributed by atoms with E-state index in [1.807, 2.05) is 12.1 Å². The van der Waals surface area contributed by atoms with Crippen molar-refractivity contribution in [2.75, 3.05) is 14.1 Å². The van der Waals surface area contributed by atoms with Crippen LogP contribution in [0.5, 0.6) is 5.75 Å². The van der Waals surface area contributed by atoms with Crippen molar-refractivity contribution in [1.29, 1.82) is 0 Å². The molecule has 0 aliphatic rings. The molecule has 1 rings (SSSR count). The van der Waals surface area contributed by atoms with Crippen molar-refractivity contribution >= 4 is 17.9 Å². The van der Waals surface area contributed by atoms with Gasteiger partial charge in [0.25, 0.3) is 0 Å². The molecular weight excluding hydrogens is 330 g/mol. The van der Waals surface area contributed by atoms with E-state index in [-0.39, 0.29) is 11.9 Å². The van der Waals surface area contributed by atoms with Crippen molar-refractivity contribution in [2.45, 2.75) is 52.0 Å². The summed E-state index contributed by atoms with van der Waals surface area (Å²) in [4.78, 5) is 21.6. The molecule has 0 amide bonds. The Morgan fingerprint density at radius 2 is 1.73 bits per heavy atom. The molecule has 0 heterocycles. The van der Waals surface area contributed by atoms with Crippen LogP contribution in [0.1, 0.15) is 51.0 Å². The number of benzene rings is 1. The highest BCUT2D eigenvalue weighted by atomic mass is 16.5. The lowest BCUT2D eigenvalue weighted by molar-refractivity contribution is -0.134. The predicted octanol–water partition coefficient (Wildman–Crippen LogP) is 2.64. The standard InChI is InChI=1S/C19H31N5O2/c1-4-5-6-7-8-9-17(25)26-16-12-10-15(11-13-16)14-22-18(20)23-19(21)24(2)3/h10-13H,4-9,14H2,1-3H3,(H4,20,21,22,23). The Bertz CT molecular complexity index is 609. The van der Waals surface area contributed by atoms with Crippen LogP contribution < -0.4 is 16.2 Å². The molecule has 0 fully saturated rings. The Labute approximate surface area is 156 Å². The first-order chi connectivity index (χ1) is 12.4. The average molecular weight is 361 g/mol. The Balaban J connectivity index is 2.43. The lowest BCUT2D eigenvalue weighted by Gasteiger charge is -2.09. The number of esters is 1. The lowest BCUT2D eigenvalue weighted by Crippen LogP contribution is -2.32. The van der Waals surface area contributed by atoms with Crippen molar-refractivity contribution in [3.8, 4) is 5.75 Å². The molecule has 26 heavy (non-hydrogen) atoms. The maximum absolute atomic E-state index is 11.8. The summed E-state index contributed by atoms with van der Waals surface area (Å²) in [6, 6.07) is 7.21. The number of nitrogens with zero attached hydrogens (tertiary/aromatic N) is 3. The van der Waals surface area contributed by atoms with Gasteiger partial charge in [-0.1, -0.05) is 44.7 Å². The number of carbonyl (C=O) groups is 1. The molecule has 0 atom stereocenters. The van der Waals surface area contributed by atoms with Gasteiger partial charge in [0, 0.05) is 20.5 Å². The number of hydrogen-bond acceptors (Lipinski definition) is 3. The van der Waals surface area contributed by atoms with Gasteiger partial charge >= 0.3 is 5.97 Å². The molecular formula is C19H31N5O2. The first kappa shape index (κ1) is 21.5. The number of ether oxygens (including phenoxy) is 1. The zero-order chi connectivity index (χ0) is 19.4. The smallest absolute Gasteiger partial charge is 0.311 e. The molecule has 4 N–H and O–H groups in total. The maximum atomic E-state index is 11.8. The largest absolute Gasteiger partial charge is 0.427 e. The Morgan fingerprint density at radius 3 is 2.35 bits per heavy atom. The van der Waals surface area contributed by atoms with E-state index in [2.05, 4.69) is 16.9 Å². The van der Waals surface area contributed by atoms with E-state index in [0.717, 1.165) is 18.4 Å². The molecule has 0 aromatic heterocycles. The van der Waals surface area contributed by atoms with Crippen molar-refractivity contribution in [1.82, 2.24) is 4.90 Å². The molecule has 0 aliphatic heterocycles. The fourth-order valence-corrected chi connectivity index (χ4v) is 2.14. The summed E-state index contributed by atoms with van der Waals surface area (Å²) in [6.45, 7) is 2.55. The van der Waals surface area contributed by atoms with Gasteiger partial charge in [-0.3, -0.25) is 4.79 Å². The van der Waals surface area contributed by atoms with E-state index >= 15 is 0 Å². The Morgan fingerprint density at radius 1 is 1.08 bits per heavy atom. The molecule has 0 saturated carbocycles. The normalized spacial score (nSPS) is 12.1. The monoisotopic (exact) mass is 361 g/mol. The van der Waals surface area contributed by atoms with Gasteiger partial charge in [0.05, 0.1) is 6.54 Å². The lowest BCUT2D eigenvalue weighted by atomic mass is 10.1. The van der Waals surface area contributed by atoms with Crippen LogP contribution in [0, 0.1) is 0 Å². The van der Waals surface area contributed by atoms with Crippen LogP contribution in [-0.2, 0) is 11.3 Å². The first-order valence-electron chi connectivity index (χ1n) is 9.03. The third-order valence-corrected chi connectivity index (χ3v) is 3.75. The highest BCUT2D eigenvalue weighted by Gasteiger charge is 2.05. The second-order valence-corrected chi connectivity index (χ2v) is 6.32. The van der Waals surface area contributed by atoms with E-state index in [1.54, 1.807) is 31.1 Å². The minimum Gasteiger partial charge on any atom is -0.427 e. The first-order valence-corrected chi connectivity index (χ1v) is 9.03. The van der Waals surface area contributed by atoms with Gasteiger partial charge in [0.2, 0.25) is 5.96 Å². The van der Waals surface area contributed by atoms with Crippen LogP contribution in [-0.4, -0.2) is 36.9 Å². The fraction of sp³-hybridized carbons (Fsp3) is 0.526. The number of guanidine groups is 2. The topological polar surface area (TPSA) is 106 Å². The molecule has 0 spiro atoms. The van der Waals surface area contributed by atoms with Crippen molar-refractivity contribution < 1.29 is 9.53 Å². The van der Waals surface area contributed by atoms with Crippen LogP contribution in [0.3, 0.4) is 0 Å². The van der Waals surface area contributed by atoms with Crippen LogP contribution >= 0.6 is 0 Å². The minimum atomic E-state index is -0.190. The SMILES string of the molecule is CCCCCCCC(=O)Oc1ccc(CN=C(N)/N=C(\N)N(C)C)cc1. The summed E-state index contributed by atoms with van der Waals surface area (Å²) in [6.07, 6.45) is 5.99. The van der Waals surface area contributed by atoms with Gasteiger partial charge in [-0.05, 0) is 24.1 Å². The van der Waals surface area contributed by atoms with Gasteiger partial charge in [0.1, 0.15) is 5.75 Å². The van der Waals surface area contributed by atoms with Gasteiger partial charge in [0.15, 0.2) is 5.96 Å². The second kappa shape index (κ2) is 11.9. The molecule has 0 aliphatic carbocycles. The molecule has 7 heteroatoms. The third kappa shape index (κ3) is 9.05. The Hall–Kier alpha value is -2.57. The minimum absolute atomic E-state index is 0.120. The zero-order valence-electron chi connectivity index (χ0n) is 16.1. The maximum Gasteiger partial charge on any atom is 0.311 e. The third-order valence-electron chi connectivity index (χ3n) is 3.75. The molecule has 0 unspecified atom stereocenters. The molecule has 0 bridgehead atoms. The molecule has 1 aromatic carbocycles. The number of unbranched alkanes of at least 4 members (excludes halogenated alkanes) is 4. The molecule has 0 saturated heterocycles. The molecule has 1 aromatic rings. The van der Waals surface area contributed by atoms with E-state index in [9.17, 15) is 4.79 Å². The summed E-state index contributed by atoms with van der Waals surface area (Å²) >= 11 is 0. The Kier molecular flexibility index (Phi) is 9.82. The zero-order valence-corrected chi connectivity index (χ0v) is 16.1. The fourth-order valence-electron chi connectivity index (χ4n) is 2.14. The van der Waals surface area contributed by atoms with Gasteiger partial charge in [-0.2, -0.15) is 4.99 Å². The summed E-state index contributed by atoms with van der Waals surface area (Å²) in [5.41, 5.74) is 12.3. The van der Waals surface area contributed by atoms with Gasteiger partial charge in [-0.15, -0.1) is 0 Å². The number of rotatable bonds is 9. The van der Waals surface area contributed by atoms with Crippen molar-refractivity contribution in [2.24, 2.45) is 21.5 Å². The summed E-state index contributed by atoms with van der Waals surface area (Å²) in [5, 5.41) is 0. The van der Waals surface area contributed by atoms with Crippen LogP contribution in [0.25, 0.3) is 0 Å². The average Bonchev–Trinajstić information content (AvgIpc) is 2.61. The van der Waals surface area contributed by atoms with Gasteiger partial charge < -0.3 is 21.1 Å². The number of aliphatic imine (C=N–C) groups is 2. The number of nitrogens with two attached hydrogens (primary N) is 2. The van der Waals surface area contributed by atoms with E-state index in [0.29, 0.717) is 24.7 Å². The molecule has 7 nitrogen and oxygen atoms in total. The van der Waals surface area contributed by atoms with Crippen molar-refractivity contribution in [3.63, 3.8) is 0 Å². The predicted molar refractivity (Wildman–Crippen MR) is 106 cm³/mol. The van der Waals surface area contributed by atoms with Gasteiger partial charge in [-0.25, -0.2) is 4.99 Å². The molecule has 0 radical (unpaired) electrons. The summed E-state index contributed by atoms with van der Waals surface area (Å²) in [7, 11) is 3.55. The van der Waals surface area contributed by atoms with Crippen LogP contribution in [0.2, 0.25) is 0 Å².